The molecule has 0 spiro atoms. The lowest BCUT2D eigenvalue weighted by atomic mass is 10.0. The lowest BCUT2D eigenvalue weighted by molar-refractivity contribution is -0.143. The molecule has 0 saturated heterocycles. The number of esters is 1. The van der Waals surface area contributed by atoms with Crippen LogP contribution in [-0.4, -0.2) is 47.4 Å². The fraction of sp³-hybridized carbons (Fsp3) is 0.938. The topological polar surface area (TPSA) is 95.9 Å². The van der Waals surface area contributed by atoms with E-state index in [1.54, 1.807) is 0 Å². The molecule has 6 heteroatoms. The highest BCUT2D eigenvalue weighted by atomic mass is 16.5. The smallest absolute Gasteiger partial charge is 0.305 e. The van der Waals surface area contributed by atoms with Gasteiger partial charge in [0.2, 0.25) is 5.91 Å². The number of hydrogen-bond acceptors (Lipinski definition) is 5. The minimum absolute atomic E-state index is 0.0130. The zero-order valence-electron chi connectivity index (χ0n) is 47.5. The molecule has 0 aromatic carbocycles. The second-order valence-electron chi connectivity index (χ2n) is 22.1. The van der Waals surface area contributed by atoms with E-state index in [9.17, 15) is 19.8 Å². The summed E-state index contributed by atoms with van der Waals surface area (Å²) in [5.74, 6) is -0.0272. The largest absolute Gasteiger partial charge is 0.466 e. The van der Waals surface area contributed by atoms with Crippen molar-refractivity contribution in [2.24, 2.45) is 0 Å². The number of rotatable bonds is 60. The van der Waals surface area contributed by atoms with E-state index >= 15 is 0 Å². The van der Waals surface area contributed by atoms with Crippen molar-refractivity contribution in [3.05, 3.63) is 12.2 Å². The van der Waals surface area contributed by atoms with Crippen LogP contribution >= 0.6 is 0 Å². The number of nitrogens with one attached hydrogen (secondary N) is 1. The highest BCUT2D eigenvalue weighted by Gasteiger charge is 2.20. The lowest BCUT2D eigenvalue weighted by Gasteiger charge is -2.22. The van der Waals surface area contributed by atoms with Crippen LogP contribution in [0.2, 0.25) is 0 Å². The first kappa shape index (κ1) is 68.6. The molecule has 416 valence electrons. The Morgan fingerprint density at radius 2 is 0.671 bits per heavy atom. The average Bonchev–Trinajstić information content (AvgIpc) is 3.36. The zero-order chi connectivity index (χ0) is 50.7. The van der Waals surface area contributed by atoms with E-state index in [-0.39, 0.29) is 18.5 Å². The van der Waals surface area contributed by atoms with Crippen LogP contribution in [-0.2, 0) is 14.3 Å². The average molecular weight is 989 g/mol. The van der Waals surface area contributed by atoms with E-state index in [2.05, 4.69) is 31.3 Å². The van der Waals surface area contributed by atoms with Gasteiger partial charge in [0.05, 0.1) is 25.4 Å². The van der Waals surface area contributed by atoms with Gasteiger partial charge in [-0.2, -0.15) is 0 Å². The minimum Gasteiger partial charge on any atom is -0.466 e. The first-order valence-electron chi connectivity index (χ1n) is 31.9. The SMILES string of the molecule is CCCCCCCCCCCCCCCCCCCC(=O)OCCCCCCCCCCCC/C=C\CCCCCCCCCC(=O)NC(CO)C(O)CCCCCCCCCCCCCCCCC. The fourth-order valence-electron chi connectivity index (χ4n) is 10.2. The van der Waals surface area contributed by atoms with Crippen LogP contribution in [0.3, 0.4) is 0 Å². The summed E-state index contributed by atoms with van der Waals surface area (Å²) in [7, 11) is 0. The first-order chi connectivity index (χ1) is 34.5. The molecule has 0 saturated carbocycles. The summed E-state index contributed by atoms with van der Waals surface area (Å²) >= 11 is 0. The Bertz CT molecular complexity index is 1050. The van der Waals surface area contributed by atoms with E-state index < -0.39 is 12.1 Å². The summed E-state index contributed by atoms with van der Waals surface area (Å²) in [6, 6.07) is -0.546. The van der Waals surface area contributed by atoms with Crippen LogP contribution in [0.15, 0.2) is 12.2 Å². The van der Waals surface area contributed by atoms with Crippen molar-refractivity contribution in [2.75, 3.05) is 13.2 Å². The summed E-state index contributed by atoms with van der Waals surface area (Å²) in [5.41, 5.74) is 0. The third kappa shape index (κ3) is 55.9. The van der Waals surface area contributed by atoms with E-state index in [0.717, 1.165) is 38.5 Å². The minimum atomic E-state index is -0.668. The second kappa shape index (κ2) is 60.2. The van der Waals surface area contributed by atoms with Gasteiger partial charge in [-0.25, -0.2) is 0 Å². The van der Waals surface area contributed by atoms with Crippen LogP contribution in [0.5, 0.6) is 0 Å². The van der Waals surface area contributed by atoms with Gasteiger partial charge in [0.25, 0.3) is 0 Å². The molecule has 0 fully saturated rings. The molecule has 1 amide bonds. The molecule has 2 unspecified atom stereocenters. The molecule has 0 aliphatic carbocycles. The van der Waals surface area contributed by atoms with E-state index in [1.165, 1.54) is 289 Å². The monoisotopic (exact) mass is 988 g/mol. The maximum Gasteiger partial charge on any atom is 0.305 e. The van der Waals surface area contributed by atoms with Crippen molar-refractivity contribution in [3.63, 3.8) is 0 Å². The Labute approximate surface area is 438 Å². The molecule has 2 atom stereocenters. The van der Waals surface area contributed by atoms with Crippen LogP contribution in [0.25, 0.3) is 0 Å². The zero-order valence-corrected chi connectivity index (χ0v) is 47.5. The van der Waals surface area contributed by atoms with E-state index in [4.69, 9.17) is 4.74 Å². The van der Waals surface area contributed by atoms with Crippen LogP contribution in [0, 0.1) is 0 Å². The van der Waals surface area contributed by atoms with Crippen molar-refractivity contribution < 1.29 is 24.5 Å². The first-order valence-corrected chi connectivity index (χ1v) is 31.9. The number of aliphatic hydroxyl groups is 2. The molecule has 0 aromatic heterocycles. The Hall–Kier alpha value is -1.40. The van der Waals surface area contributed by atoms with Gasteiger partial charge in [-0.1, -0.05) is 309 Å². The Balaban J connectivity index is 3.39. The van der Waals surface area contributed by atoms with Gasteiger partial charge in [0, 0.05) is 12.8 Å². The number of carbonyl (C=O) groups excluding carboxylic acids is 2. The number of aliphatic hydroxyl groups excluding tert-OH is 2. The van der Waals surface area contributed by atoms with Crippen molar-refractivity contribution in [3.8, 4) is 0 Å². The van der Waals surface area contributed by atoms with Gasteiger partial charge in [-0.15, -0.1) is 0 Å². The van der Waals surface area contributed by atoms with E-state index in [0.29, 0.717) is 25.9 Å². The number of amides is 1. The maximum absolute atomic E-state index is 12.5. The van der Waals surface area contributed by atoms with Crippen molar-refractivity contribution in [1.29, 1.82) is 0 Å². The molecule has 6 nitrogen and oxygen atoms in total. The maximum atomic E-state index is 12.5. The molecule has 0 aliphatic rings. The lowest BCUT2D eigenvalue weighted by Crippen LogP contribution is -2.45. The number of hydrogen-bond donors (Lipinski definition) is 3. The van der Waals surface area contributed by atoms with E-state index in [1.807, 2.05) is 0 Å². The number of ether oxygens (including phenoxy) is 1. The van der Waals surface area contributed by atoms with Gasteiger partial charge in [0.1, 0.15) is 0 Å². The summed E-state index contributed by atoms with van der Waals surface area (Å²) in [4.78, 5) is 24.6. The van der Waals surface area contributed by atoms with Crippen molar-refractivity contribution in [1.82, 2.24) is 5.32 Å². The van der Waals surface area contributed by atoms with Gasteiger partial charge in [-0.05, 0) is 51.4 Å². The summed E-state index contributed by atoms with van der Waals surface area (Å²) < 4.78 is 5.50. The molecule has 0 aromatic rings. The molecular formula is C64H125NO5. The fourth-order valence-corrected chi connectivity index (χ4v) is 10.2. The standard InChI is InChI=1S/C64H125NO5/c1-3-5-7-9-11-13-15-17-19-25-30-34-38-42-46-50-54-58-64(69)70-59-55-51-47-43-39-35-31-27-24-22-20-21-23-26-29-33-37-41-45-49-53-57-63(68)65-61(60-66)62(67)56-52-48-44-40-36-32-28-18-16-14-12-10-8-6-4-2/h21,23,61-62,66-67H,3-20,22,24-60H2,1-2H3,(H,65,68)/b23-21-. The molecule has 0 aliphatic heterocycles. The molecule has 0 rings (SSSR count). The number of allylic oxidation sites excluding steroid dienone is 2. The highest BCUT2D eigenvalue weighted by molar-refractivity contribution is 5.76. The van der Waals surface area contributed by atoms with Crippen LogP contribution < -0.4 is 5.32 Å². The normalized spacial score (nSPS) is 12.6. The number of carbonyl (C=O) groups is 2. The third-order valence-electron chi connectivity index (χ3n) is 15.1. The van der Waals surface area contributed by atoms with Gasteiger partial charge >= 0.3 is 5.97 Å². The predicted octanol–water partition coefficient (Wildman–Crippen LogP) is 20.0. The molecule has 0 bridgehead atoms. The van der Waals surface area contributed by atoms with Crippen molar-refractivity contribution in [2.45, 2.75) is 373 Å². The molecular weight excluding hydrogens is 863 g/mol. The quantitative estimate of drug-likeness (QED) is 0.0321. The molecule has 3 N–H and O–H groups in total. The Morgan fingerprint density at radius 1 is 0.386 bits per heavy atom. The highest BCUT2D eigenvalue weighted by Crippen LogP contribution is 2.18. The molecule has 0 heterocycles. The Kier molecular flexibility index (Phi) is 59.0. The Morgan fingerprint density at radius 3 is 1.01 bits per heavy atom. The van der Waals surface area contributed by atoms with Crippen molar-refractivity contribution >= 4 is 11.9 Å². The summed E-state index contributed by atoms with van der Waals surface area (Å²) in [6.45, 7) is 4.98. The van der Waals surface area contributed by atoms with Gasteiger partial charge in [-0.3, -0.25) is 9.59 Å². The third-order valence-corrected chi connectivity index (χ3v) is 15.1. The van der Waals surface area contributed by atoms with Gasteiger partial charge < -0.3 is 20.3 Å². The number of unbranched alkanes of at least 4 members (excludes halogenated alkanes) is 47. The van der Waals surface area contributed by atoms with Crippen LogP contribution in [0.1, 0.15) is 361 Å². The second-order valence-corrected chi connectivity index (χ2v) is 22.1. The summed E-state index contributed by atoms with van der Waals surface area (Å²) in [6.07, 6.45) is 72.2. The molecule has 70 heavy (non-hydrogen) atoms. The summed E-state index contributed by atoms with van der Waals surface area (Å²) in [5, 5.41) is 23.3. The van der Waals surface area contributed by atoms with Gasteiger partial charge in [0.15, 0.2) is 0 Å². The predicted molar refractivity (Wildman–Crippen MR) is 306 cm³/mol. The molecule has 0 radical (unpaired) electrons. The van der Waals surface area contributed by atoms with Crippen LogP contribution in [0.4, 0.5) is 0 Å².